The Morgan fingerprint density at radius 1 is 1.26 bits per heavy atom. The average molecular weight is 260 g/mol. The highest BCUT2D eigenvalue weighted by atomic mass is 16.3. The Morgan fingerprint density at radius 3 is 2.79 bits per heavy atom. The molecule has 5 heteroatoms. The van der Waals surface area contributed by atoms with E-state index in [-0.39, 0.29) is 0 Å². The van der Waals surface area contributed by atoms with Crippen LogP contribution in [0.3, 0.4) is 0 Å². The van der Waals surface area contributed by atoms with Gasteiger partial charge in [-0.1, -0.05) is 0 Å². The van der Waals surface area contributed by atoms with Crippen LogP contribution in [0.1, 0.15) is 12.7 Å². The molecule has 0 amide bonds. The smallest absolute Gasteiger partial charge is 0.191 e. The SMILES string of the molecule is CCNC(=NCc1ccco1)NCCn1cccc1. The number of nitrogens with zero attached hydrogens (tertiary/aromatic N) is 2. The first kappa shape index (κ1) is 13.3. The number of guanidine groups is 1. The molecule has 0 bridgehead atoms. The molecule has 0 aliphatic carbocycles. The van der Waals surface area contributed by atoms with E-state index in [1.807, 2.05) is 24.3 Å². The predicted molar refractivity (Wildman–Crippen MR) is 76.0 cm³/mol. The van der Waals surface area contributed by atoms with Gasteiger partial charge < -0.3 is 19.6 Å². The number of rotatable bonds is 6. The molecular weight excluding hydrogens is 240 g/mol. The normalized spacial score (nSPS) is 11.5. The fraction of sp³-hybridized carbons (Fsp3) is 0.357. The van der Waals surface area contributed by atoms with Gasteiger partial charge in [0.05, 0.1) is 6.26 Å². The summed E-state index contributed by atoms with van der Waals surface area (Å²) in [6.07, 6.45) is 5.76. The number of hydrogen-bond donors (Lipinski definition) is 2. The van der Waals surface area contributed by atoms with Gasteiger partial charge >= 0.3 is 0 Å². The van der Waals surface area contributed by atoms with Gasteiger partial charge in [-0.2, -0.15) is 0 Å². The van der Waals surface area contributed by atoms with E-state index in [1.165, 1.54) is 0 Å². The third kappa shape index (κ3) is 4.54. The van der Waals surface area contributed by atoms with E-state index in [4.69, 9.17) is 4.42 Å². The first-order chi connectivity index (χ1) is 9.38. The van der Waals surface area contributed by atoms with Crippen molar-refractivity contribution >= 4 is 5.96 Å². The van der Waals surface area contributed by atoms with Gasteiger partial charge in [0, 0.05) is 32.0 Å². The maximum atomic E-state index is 5.26. The topological polar surface area (TPSA) is 54.5 Å². The molecule has 2 rings (SSSR count). The lowest BCUT2D eigenvalue weighted by Gasteiger charge is -2.11. The van der Waals surface area contributed by atoms with Crippen molar-refractivity contribution in [2.45, 2.75) is 20.0 Å². The van der Waals surface area contributed by atoms with E-state index in [1.54, 1.807) is 6.26 Å². The Balaban J connectivity index is 1.79. The lowest BCUT2D eigenvalue weighted by atomic mass is 10.4. The van der Waals surface area contributed by atoms with E-state index < -0.39 is 0 Å². The Hall–Kier alpha value is -2.17. The molecule has 0 saturated heterocycles. The first-order valence-electron chi connectivity index (χ1n) is 6.54. The summed E-state index contributed by atoms with van der Waals surface area (Å²) < 4.78 is 7.39. The molecule has 0 atom stereocenters. The van der Waals surface area contributed by atoms with Gasteiger partial charge in [0.1, 0.15) is 12.3 Å². The molecule has 2 N–H and O–H groups in total. The fourth-order valence-electron chi connectivity index (χ4n) is 1.72. The molecule has 0 saturated carbocycles. The minimum absolute atomic E-state index is 0.547. The summed E-state index contributed by atoms with van der Waals surface area (Å²) in [5, 5.41) is 6.51. The molecular formula is C14H20N4O. The van der Waals surface area contributed by atoms with Gasteiger partial charge in [-0.25, -0.2) is 4.99 Å². The molecule has 5 nitrogen and oxygen atoms in total. The minimum Gasteiger partial charge on any atom is -0.467 e. The van der Waals surface area contributed by atoms with Crippen LogP contribution in [0, 0.1) is 0 Å². The van der Waals surface area contributed by atoms with Crippen molar-refractivity contribution in [2.75, 3.05) is 13.1 Å². The van der Waals surface area contributed by atoms with Crippen LogP contribution in [0.2, 0.25) is 0 Å². The van der Waals surface area contributed by atoms with E-state index in [2.05, 4.69) is 39.5 Å². The van der Waals surface area contributed by atoms with Crippen LogP contribution >= 0.6 is 0 Å². The van der Waals surface area contributed by atoms with Crippen LogP contribution in [0.4, 0.5) is 0 Å². The zero-order valence-corrected chi connectivity index (χ0v) is 11.2. The Morgan fingerprint density at radius 2 is 2.11 bits per heavy atom. The lowest BCUT2D eigenvalue weighted by Crippen LogP contribution is -2.38. The third-order valence-electron chi connectivity index (χ3n) is 2.65. The number of aliphatic imine (C=N–C) groups is 1. The summed E-state index contributed by atoms with van der Waals surface area (Å²) in [5.74, 6) is 1.67. The van der Waals surface area contributed by atoms with Gasteiger partial charge in [0.25, 0.3) is 0 Å². The number of aromatic nitrogens is 1. The summed E-state index contributed by atoms with van der Waals surface area (Å²) in [5.41, 5.74) is 0. The van der Waals surface area contributed by atoms with Crippen LogP contribution in [0.5, 0.6) is 0 Å². The molecule has 2 aromatic rings. The highest BCUT2D eigenvalue weighted by molar-refractivity contribution is 5.79. The van der Waals surface area contributed by atoms with Crippen molar-refractivity contribution in [3.63, 3.8) is 0 Å². The van der Waals surface area contributed by atoms with Crippen LogP contribution in [0.25, 0.3) is 0 Å². The summed E-state index contributed by atoms with van der Waals surface area (Å²) in [4.78, 5) is 4.47. The summed E-state index contributed by atoms with van der Waals surface area (Å²) in [7, 11) is 0. The third-order valence-corrected chi connectivity index (χ3v) is 2.65. The van der Waals surface area contributed by atoms with Gasteiger partial charge in [0.2, 0.25) is 0 Å². The van der Waals surface area contributed by atoms with Crippen molar-refractivity contribution in [3.05, 3.63) is 48.7 Å². The van der Waals surface area contributed by atoms with Gasteiger partial charge in [-0.15, -0.1) is 0 Å². The number of hydrogen-bond acceptors (Lipinski definition) is 2. The average Bonchev–Trinajstić information content (AvgIpc) is 3.09. The van der Waals surface area contributed by atoms with Crippen LogP contribution in [-0.2, 0) is 13.1 Å². The zero-order valence-electron chi connectivity index (χ0n) is 11.2. The molecule has 0 aliphatic rings. The van der Waals surface area contributed by atoms with E-state index in [0.717, 1.165) is 31.4 Å². The van der Waals surface area contributed by atoms with Crippen molar-refractivity contribution in [1.29, 1.82) is 0 Å². The van der Waals surface area contributed by atoms with E-state index >= 15 is 0 Å². The van der Waals surface area contributed by atoms with Gasteiger partial charge in [0.15, 0.2) is 5.96 Å². The largest absolute Gasteiger partial charge is 0.467 e. The van der Waals surface area contributed by atoms with Gasteiger partial charge in [-0.3, -0.25) is 0 Å². The number of furan rings is 1. The second-order valence-electron chi connectivity index (χ2n) is 4.12. The second kappa shape index (κ2) is 7.31. The van der Waals surface area contributed by atoms with Crippen molar-refractivity contribution in [2.24, 2.45) is 4.99 Å². The van der Waals surface area contributed by atoms with Crippen LogP contribution in [0.15, 0.2) is 52.3 Å². The summed E-state index contributed by atoms with van der Waals surface area (Å²) >= 11 is 0. The second-order valence-corrected chi connectivity index (χ2v) is 4.12. The minimum atomic E-state index is 0.547. The van der Waals surface area contributed by atoms with Crippen molar-refractivity contribution < 1.29 is 4.42 Å². The molecule has 0 spiro atoms. The van der Waals surface area contributed by atoms with Crippen molar-refractivity contribution in [3.8, 4) is 0 Å². The molecule has 0 unspecified atom stereocenters. The van der Waals surface area contributed by atoms with Gasteiger partial charge in [-0.05, 0) is 31.2 Å². The quantitative estimate of drug-likeness (QED) is 0.615. The van der Waals surface area contributed by atoms with Crippen LogP contribution < -0.4 is 10.6 Å². The summed E-state index contributed by atoms with van der Waals surface area (Å²) in [6.45, 7) is 5.19. The standard InChI is InChI=1S/C14H20N4O/c1-2-15-14(17-12-13-6-5-11-19-13)16-7-10-18-8-3-4-9-18/h3-6,8-9,11H,2,7,10,12H2,1H3,(H2,15,16,17). The first-order valence-corrected chi connectivity index (χ1v) is 6.54. The molecule has 102 valence electrons. The molecule has 2 aromatic heterocycles. The maximum absolute atomic E-state index is 5.26. The van der Waals surface area contributed by atoms with E-state index in [0.29, 0.717) is 6.54 Å². The Kier molecular flexibility index (Phi) is 5.10. The molecule has 2 heterocycles. The zero-order chi connectivity index (χ0) is 13.3. The monoisotopic (exact) mass is 260 g/mol. The Labute approximate surface area is 113 Å². The fourth-order valence-corrected chi connectivity index (χ4v) is 1.72. The number of nitrogens with one attached hydrogen (secondary N) is 2. The van der Waals surface area contributed by atoms with Crippen LogP contribution in [-0.4, -0.2) is 23.6 Å². The van der Waals surface area contributed by atoms with Crippen molar-refractivity contribution in [1.82, 2.24) is 15.2 Å². The lowest BCUT2D eigenvalue weighted by molar-refractivity contribution is 0.511. The molecule has 0 aromatic carbocycles. The van der Waals surface area contributed by atoms with E-state index in [9.17, 15) is 0 Å². The molecule has 0 fully saturated rings. The molecule has 0 aliphatic heterocycles. The molecule has 19 heavy (non-hydrogen) atoms. The highest BCUT2D eigenvalue weighted by Gasteiger charge is 1.98. The predicted octanol–water partition coefficient (Wildman–Crippen LogP) is 1.84. The molecule has 0 radical (unpaired) electrons. The Bertz CT molecular complexity index is 474. The maximum Gasteiger partial charge on any atom is 0.191 e. The summed E-state index contributed by atoms with van der Waals surface area (Å²) in [6, 6.07) is 7.84. The highest BCUT2D eigenvalue weighted by Crippen LogP contribution is 2.00.